The highest BCUT2D eigenvalue weighted by Gasteiger charge is 2.15. The summed E-state index contributed by atoms with van der Waals surface area (Å²) in [6.07, 6.45) is 4.28. The topological polar surface area (TPSA) is 38.3 Å². The van der Waals surface area contributed by atoms with Crippen LogP contribution in [-0.2, 0) is 4.74 Å². The molecule has 1 aromatic rings. The minimum atomic E-state index is -0.463. The predicted octanol–water partition coefficient (Wildman–Crippen LogP) is 4.58. The van der Waals surface area contributed by atoms with Gasteiger partial charge < -0.3 is 10.1 Å². The monoisotopic (exact) mass is 295 g/mol. The van der Waals surface area contributed by atoms with E-state index < -0.39 is 5.60 Å². The number of halogens is 1. The molecule has 0 aliphatic heterocycles. The Morgan fingerprint density at radius 2 is 2.10 bits per heavy atom. The van der Waals surface area contributed by atoms with Crippen molar-refractivity contribution in [1.82, 2.24) is 5.32 Å². The molecule has 110 valence electrons. The summed E-state index contributed by atoms with van der Waals surface area (Å²) >= 11 is 6.09. The molecule has 0 unspecified atom stereocenters. The third kappa shape index (κ3) is 6.62. The molecule has 4 heteroatoms. The fourth-order valence-corrected chi connectivity index (χ4v) is 1.75. The molecule has 0 saturated carbocycles. The first-order valence-corrected chi connectivity index (χ1v) is 7.05. The number of benzene rings is 1. The molecule has 0 heterocycles. The highest BCUT2D eigenvalue weighted by Crippen LogP contribution is 2.18. The van der Waals surface area contributed by atoms with Crippen molar-refractivity contribution in [2.45, 2.75) is 39.7 Å². The Hall–Kier alpha value is -1.48. The highest BCUT2D eigenvalue weighted by atomic mass is 35.5. The summed E-state index contributed by atoms with van der Waals surface area (Å²) < 4.78 is 5.14. The van der Waals surface area contributed by atoms with E-state index in [1.54, 1.807) is 0 Å². The number of nitrogens with one attached hydrogen (secondary N) is 1. The lowest BCUT2D eigenvalue weighted by Gasteiger charge is -2.19. The summed E-state index contributed by atoms with van der Waals surface area (Å²) in [5.41, 5.74) is 1.69. The fraction of sp³-hybridized carbons (Fsp3) is 0.438. The zero-order chi connectivity index (χ0) is 15.2. The number of ether oxygens (including phenoxy) is 1. The van der Waals surface area contributed by atoms with Crippen LogP contribution in [0.3, 0.4) is 0 Å². The second-order valence-electron chi connectivity index (χ2n) is 5.64. The van der Waals surface area contributed by atoms with Crippen molar-refractivity contribution in [1.29, 1.82) is 0 Å². The molecule has 1 aromatic carbocycles. The smallest absolute Gasteiger partial charge is 0.407 e. The molecule has 3 nitrogen and oxygen atoms in total. The molecule has 0 radical (unpaired) electrons. The van der Waals surface area contributed by atoms with Gasteiger partial charge in [0.1, 0.15) is 5.60 Å². The maximum atomic E-state index is 11.4. The zero-order valence-corrected chi connectivity index (χ0v) is 13.3. The maximum Gasteiger partial charge on any atom is 0.407 e. The molecule has 0 bridgehead atoms. The molecular formula is C16H22ClNO2. The molecule has 1 amide bonds. The average molecular weight is 296 g/mol. The number of carbonyl (C=O) groups excluding carboxylic acids is 1. The van der Waals surface area contributed by atoms with E-state index in [2.05, 4.69) is 5.32 Å². The number of carbonyl (C=O) groups is 1. The Morgan fingerprint density at radius 3 is 2.75 bits per heavy atom. The summed E-state index contributed by atoms with van der Waals surface area (Å²) in [4.78, 5) is 11.4. The summed E-state index contributed by atoms with van der Waals surface area (Å²) in [7, 11) is 0. The second-order valence-corrected chi connectivity index (χ2v) is 6.05. The van der Waals surface area contributed by atoms with Gasteiger partial charge in [-0.1, -0.05) is 41.4 Å². The number of aryl methyl sites for hydroxylation is 1. The van der Waals surface area contributed by atoms with E-state index in [-0.39, 0.29) is 6.09 Å². The lowest BCUT2D eigenvalue weighted by atomic mass is 10.1. The Morgan fingerprint density at radius 1 is 1.40 bits per heavy atom. The summed E-state index contributed by atoms with van der Waals surface area (Å²) in [5, 5.41) is 3.43. The minimum Gasteiger partial charge on any atom is -0.444 e. The van der Waals surface area contributed by atoms with Crippen LogP contribution < -0.4 is 5.32 Å². The number of hydrogen-bond acceptors (Lipinski definition) is 2. The van der Waals surface area contributed by atoms with E-state index in [1.165, 1.54) is 5.56 Å². The quantitative estimate of drug-likeness (QED) is 0.826. The van der Waals surface area contributed by atoms with Crippen molar-refractivity contribution in [3.05, 3.63) is 40.4 Å². The molecule has 0 saturated heterocycles. The van der Waals surface area contributed by atoms with Crippen LogP contribution in [0.5, 0.6) is 0 Å². The lowest BCUT2D eigenvalue weighted by molar-refractivity contribution is 0.0529. The molecule has 0 aliphatic carbocycles. The standard InChI is InChI=1S/C16H22ClNO2/c1-12-8-9-14(17)13(11-12)7-5-6-10-18-15(19)20-16(2,3)4/h5,7-9,11H,6,10H2,1-4H3,(H,18,19). The van der Waals surface area contributed by atoms with Gasteiger partial charge in [-0.15, -0.1) is 0 Å². The van der Waals surface area contributed by atoms with Gasteiger partial charge in [-0.05, 0) is 45.7 Å². The normalized spacial score (nSPS) is 11.7. The Labute approximate surface area is 126 Å². The molecule has 0 aliphatic rings. The van der Waals surface area contributed by atoms with Crippen LogP contribution in [0.1, 0.15) is 38.3 Å². The van der Waals surface area contributed by atoms with Crippen LogP contribution in [0.4, 0.5) is 4.79 Å². The van der Waals surface area contributed by atoms with Gasteiger partial charge in [0, 0.05) is 11.6 Å². The van der Waals surface area contributed by atoms with Crippen molar-refractivity contribution < 1.29 is 9.53 Å². The number of amides is 1. The van der Waals surface area contributed by atoms with Gasteiger partial charge in [0.2, 0.25) is 0 Å². The zero-order valence-electron chi connectivity index (χ0n) is 12.5. The van der Waals surface area contributed by atoms with E-state index in [4.69, 9.17) is 16.3 Å². The highest BCUT2D eigenvalue weighted by molar-refractivity contribution is 6.32. The van der Waals surface area contributed by atoms with E-state index >= 15 is 0 Å². The van der Waals surface area contributed by atoms with Crippen molar-refractivity contribution in [3.8, 4) is 0 Å². The SMILES string of the molecule is Cc1ccc(Cl)c(C=CCCNC(=O)OC(C)(C)C)c1. The maximum absolute atomic E-state index is 11.4. The molecule has 0 atom stereocenters. The van der Waals surface area contributed by atoms with Crippen molar-refractivity contribution in [2.24, 2.45) is 0 Å². The first kappa shape index (κ1) is 16.6. The van der Waals surface area contributed by atoms with Crippen molar-refractivity contribution in [2.75, 3.05) is 6.54 Å². The second kappa shape index (κ2) is 7.34. The lowest BCUT2D eigenvalue weighted by Crippen LogP contribution is -2.32. The van der Waals surface area contributed by atoms with E-state index in [1.807, 2.05) is 58.0 Å². The predicted molar refractivity (Wildman–Crippen MR) is 84.1 cm³/mol. The molecule has 0 aromatic heterocycles. The minimum absolute atomic E-state index is 0.389. The van der Waals surface area contributed by atoms with Gasteiger partial charge in [0.15, 0.2) is 0 Å². The fourth-order valence-electron chi connectivity index (χ4n) is 1.57. The average Bonchev–Trinajstić information content (AvgIpc) is 2.30. The van der Waals surface area contributed by atoms with E-state index in [0.717, 1.165) is 17.0 Å². The molecule has 1 N–H and O–H groups in total. The van der Waals surface area contributed by atoms with Crippen LogP contribution in [0, 0.1) is 6.92 Å². The number of alkyl carbamates (subject to hydrolysis) is 1. The van der Waals surface area contributed by atoms with Crippen LogP contribution >= 0.6 is 11.6 Å². The van der Waals surface area contributed by atoms with Gasteiger partial charge in [-0.2, -0.15) is 0 Å². The number of rotatable bonds is 4. The van der Waals surface area contributed by atoms with Gasteiger partial charge in [0.05, 0.1) is 0 Å². The molecule has 20 heavy (non-hydrogen) atoms. The van der Waals surface area contributed by atoms with Crippen LogP contribution in [0.2, 0.25) is 5.02 Å². The number of hydrogen-bond donors (Lipinski definition) is 1. The van der Waals surface area contributed by atoms with Crippen LogP contribution in [0.15, 0.2) is 24.3 Å². The third-order valence-corrected chi connectivity index (χ3v) is 2.77. The van der Waals surface area contributed by atoms with Gasteiger partial charge in [-0.3, -0.25) is 0 Å². The first-order chi connectivity index (χ1) is 9.28. The van der Waals surface area contributed by atoms with E-state index in [9.17, 15) is 4.79 Å². The molecular weight excluding hydrogens is 274 g/mol. The molecule has 0 spiro atoms. The van der Waals surface area contributed by atoms with Gasteiger partial charge in [0.25, 0.3) is 0 Å². The Balaban J connectivity index is 2.36. The first-order valence-electron chi connectivity index (χ1n) is 6.67. The summed E-state index contributed by atoms with van der Waals surface area (Å²) in [6.45, 7) is 8.08. The van der Waals surface area contributed by atoms with Crippen molar-refractivity contribution in [3.63, 3.8) is 0 Å². The van der Waals surface area contributed by atoms with Crippen molar-refractivity contribution >= 4 is 23.8 Å². The summed E-state index contributed by atoms with van der Waals surface area (Å²) in [5.74, 6) is 0. The van der Waals surface area contributed by atoms with Gasteiger partial charge in [-0.25, -0.2) is 4.79 Å². The largest absolute Gasteiger partial charge is 0.444 e. The van der Waals surface area contributed by atoms with Gasteiger partial charge >= 0.3 is 6.09 Å². The van der Waals surface area contributed by atoms with Crippen LogP contribution in [-0.4, -0.2) is 18.2 Å². The molecule has 1 rings (SSSR count). The Kier molecular flexibility index (Phi) is 6.08. The summed E-state index contributed by atoms with van der Waals surface area (Å²) in [6, 6.07) is 5.89. The Bertz CT molecular complexity index is 490. The van der Waals surface area contributed by atoms with Crippen LogP contribution in [0.25, 0.3) is 6.08 Å². The molecule has 0 fully saturated rings. The van der Waals surface area contributed by atoms with E-state index in [0.29, 0.717) is 6.54 Å². The third-order valence-electron chi connectivity index (χ3n) is 2.43.